The molecule has 1 aromatic carbocycles. The Morgan fingerprint density at radius 1 is 1.12 bits per heavy atom. The molecule has 0 radical (unpaired) electrons. The molecular formula is C19H22N4O. The van der Waals surface area contributed by atoms with Crippen LogP contribution < -0.4 is 5.73 Å². The van der Waals surface area contributed by atoms with E-state index in [2.05, 4.69) is 4.98 Å². The molecule has 0 saturated carbocycles. The third-order valence-electron chi connectivity index (χ3n) is 3.95. The van der Waals surface area contributed by atoms with Crippen molar-refractivity contribution in [3.63, 3.8) is 0 Å². The third-order valence-corrected chi connectivity index (χ3v) is 3.95. The monoisotopic (exact) mass is 322 g/mol. The maximum absolute atomic E-state index is 12.7. The quantitative estimate of drug-likeness (QED) is 0.726. The lowest BCUT2D eigenvalue weighted by Crippen LogP contribution is -2.33. The van der Waals surface area contributed by atoms with E-state index >= 15 is 0 Å². The van der Waals surface area contributed by atoms with Gasteiger partial charge < -0.3 is 15.0 Å². The molecule has 0 aliphatic rings. The van der Waals surface area contributed by atoms with E-state index < -0.39 is 0 Å². The molecule has 0 atom stereocenters. The van der Waals surface area contributed by atoms with Gasteiger partial charge in [-0.05, 0) is 30.7 Å². The molecule has 1 amide bonds. The molecule has 3 aromatic rings. The standard InChI is InChI=1S/C19H22N4O/c20-10-6-12-23(14-16-7-2-1-3-8-16)19(24)13-17-15-22-11-5-4-9-18(22)21-17/h1-5,7-9,11,15H,6,10,12-14,20H2. The summed E-state index contributed by atoms with van der Waals surface area (Å²) >= 11 is 0. The molecule has 5 heteroatoms. The van der Waals surface area contributed by atoms with Gasteiger partial charge in [-0.3, -0.25) is 4.79 Å². The second-order valence-corrected chi connectivity index (χ2v) is 5.82. The number of hydrogen-bond donors (Lipinski definition) is 1. The summed E-state index contributed by atoms with van der Waals surface area (Å²) in [6.07, 6.45) is 4.95. The van der Waals surface area contributed by atoms with Gasteiger partial charge in [-0.2, -0.15) is 0 Å². The highest BCUT2D eigenvalue weighted by Crippen LogP contribution is 2.10. The maximum atomic E-state index is 12.7. The molecule has 0 unspecified atom stereocenters. The number of pyridine rings is 1. The highest BCUT2D eigenvalue weighted by molar-refractivity contribution is 5.78. The number of imidazole rings is 1. The number of nitrogens with zero attached hydrogens (tertiary/aromatic N) is 3. The van der Waals surface area contributed by atoms with Crippen LogP contribution in [0, 0.1) is 0 Å². The fraction of sp³-hybridized carbons (Fsp3) is 0.263. The smallest absolute Gasteiger partial charge is 0.228 e. The van der Waals surface area contributed by atoms with Gasteiger partial charge in [0.15, 0.2) is 0 Å². The van der Waals surface area contributed by atoms with Gasteiger partial charge in [0.25, 0.3) is 0 Å². The maximum Gasteiger partial charge on any atom is 0.228 e. The first-order valence-electron chi connectivity index (χ1n) is 8.20. The van der Waals surface area contributed by atoms with Crippen LogP contribution in [0.3, 0.4) is 0 Å². The first-order chi connectivity index (χ1) is 11.8. The molecule has 0 aliphatic carbocycles. The van der Waals surface area contributed by atoms with Crippen molar-refractivity contribution in [2.75, 3.05) is 13.1 Å². The van der Waals surface area contributed by atoms with Gasteiger partial charge >= 0.3 is 0 Å². The van der Waals surface area contributed by atoms with Crippen molar-refractivity contribution < 1.29 is 4.79 Å². The van der Waals surface area contributed by atoms with E-state index in [1.165, 1.54) is 0 Å². The summed E-state index contributed by atoms with van der Waals surface area (Å²) in [4.78, 5) is 19.1. The minimum Gasteiger partial charge on any atom is -0.338 e. The Balaban J connectivity index is 1.72. The summed E-state index contributed by atoms with van der Waals surface area (Å²) in [6.45, 7) is 1.84. The van der Waals surface area contributed by atoms with Crippen LogP contribution in [-0.4, -0.2) is 33.3 Å². The molecule has 0 bridgehead atoms. The molecule has 0 spiro atoms. The number of amides is 1. The van der Waals surface area contributed by atoms with Crippen molar-refractivity contribution in [1.82, 2.24) is 14.3 Å². The van der Waals surface area contributed by atoms with E-state index in [4.69, 9.17) is 5.73 Å². The van der Waals surface area contributed by atoms with Gasteiger partial charge in [-0.15, -0.1) is 0 Å². The minimum atomic E-state index is 0.0794. The van der Waals surface area contributed by atoms with Crippen molar-refractivity contribution in [2.24, 2.45) is 5.73 Å². The van der Waals surface area contributed by atoms with Crippen molar-refractivity contribution in [2.45, 2.75) is 19.4 Å². The molecule has 2 heterocycles. The Morgan fingerprint density at radius 2 is 1.92 bits per heavy atom. The summed E-state index contributed by atoms with van der Waals surface area (Å²) in [6, 6.07) is 15.9. The zero-order chi connectivity index (χ0) is 16.8. The fourth-order valence-electron chi connectivity index (χ4n) is 2.72. The average Bonchev–Trinajstić information content (AvgIpc) is 3.01. The van der Waals surface area contributed by atoms with Crippen LogP contribution in [0.15, 0.2) is 60.9 Å². The number of aromatic nitrogens is 2. The number of carbonyl (C=O) groups is 1. The summed E-state index contributed by atoms with van der Waals surface area (Å²) in [5.41, 5.74) is 8.39. The Morgan fingerprint density at radius 3 is 2.67 bits per heavy atom. The largest absolute Gasteiger partial charge is 0.338 e. The molecule has 0 aliphatic heterocycles. The van der Waals surface area contributed by atoms with Crippen LogP contribution >= 0.6 is 0 Å². The van der Waals surface area contributed by atoms with E-state index in [9.17, 15) is 4.79 Å². The van der Waals surface area contributed by atoms with Gasteiger partial charge in [0.1, 0.15) is 5.65 Å². The molecule has 0 saturated heterocycles. The molecular weight excluding hydrogens is 300 g/mol. The molecule has 24 heavy (non-hydrogen) atoms. The summed E-state index contributed by atoms with van der Waals surface area (Å²) in [5, 5.41) is 0. The topological polar surface area (TPSA) is 63.6 Å². The predicted molar refractivity (Wildman–Crippen MR) is 94.4 cm³/mol. The highest BCUT2D eigenvalue weighted by Gasteiger charge is 2.16. The van der Waals surface area contributed by atoms with Crippen LogP contribution in [0.25, 0.3) is 5.65 Å². The summed E-state index contributed by atoms with van der Waals surface area (Å²) < 4.78 is 1.93. The number of carbonyl (C=O) groups excluding carboxylic acids is 1. The van der Waals surface area contributed by atoms with Crippen molar-refractivity contribution in [3.8, 4) is 0 Å². The van der Waals surface area contributed by atoms with Crippen molar-refractivity contribution >= 4 is 11.6 Å². The van der Waals surface area contributed by atoms with E-state index in [1.54, 1.807) is 0 Å². The Labute approximate surface area is 141 Å². The molecule has 2 N–H and O–H groups in total. The van der Waals surface area contributed by atoms with Crippen LogP contribution in [0.5, 0.6) is 0 Å². The first-order valence-corrected chi connectivity index (χ1v) is 8.20. The van der Waals surface area contributed by atoms with Crippen LogP contribution in [0.2, 0.25) is 0 Å². The summed E-state index contributed by atoms with van der Waals surface area (Å²) in [7, 11) is 0. The SMILES string of the molecule is NCCCN(Cc1ccccc1)C(=O)Cc1cn2ccccc2n1. The lowest BCUT2D eigenvalue weighted by atomic mass is 10.2. The Hall–Kier alpha value is -2.66. The summed E-state index contributed by atoms with van der Waals surface area (Å²) in [5.74, 6) is 0.0794. The number of benzene rings is 1. The number of rotatable bonds is 7. The van der Waals surface area contributed by atoms with E-state index in [0.717, 1.165) is 23.3 Å². The van der Waals surface area contributed by atoms with Gasteiger partial charge in [-0.25, -0.2) is 4.98 Å². The van der Waals surface area contributed by atoms with Crippen molar-refractivity contribution in [1.29, 1.82) is 0 Å². The zero-order valence-corrected chi connectivity index (χ0v) is 13.6. The number of fused-ring (bicyclic) bond motifs is 1. The van der Waals surface area contributed by atoms with E-state index in [0.29, 0.717) is 26.1 Å². The molecule has 2 aromatic heterocycles. The second-order valence-electron chi connectivity index (χ2n) is 5.82. The van der Waals surface area contributed by atoms with Gasteiger partial charge in [0.2, 0.25) is 5.91 Å². The highest BCUT2D eigenvalue weighted by atomic mass is 16.2. The minimum absolute atomic E-state index is 0.0794. The normalized spacial score (nSPS) is 10.9. The predicted octanol–water partition coefficient (Wildman–Crippen LogP) is 2.25. The molecule has 124 valence electrons. The van der Waals surface area contributed by atoms with E-state index in [1.807, 2.05) is 70.2 Å². The van der Waals surface area contributed by atoms with Gasteiger partial charge in [0.05, 0.1) is 12.1 Å². The Kier molecular flexibility index (Phi) is 5.23. The third kappa shape index (κ3) is 4.00. The van der Waals surface area contributed by atoms with Crippen LogP contribution in [0.4, 0.5) is 0 Å². The number of nitrogens with two attached hydrogens (primary N) is 1. The van der Waals surface area contributed by atoms with Crippen LogP contribution in [-0.2, 0) is 17.8 Å². The first kappa shape index (κ1) is 16.2. The molecule has 3 rings (SSSR count). The average molecular weight is 322 g/mol. The number of hydrogen-bond acceptors (Lipinski definition) is 3. The zero-order valence-electron chi connectivity index (χ0n) is 13.6. The fourth-order valence-corrected chi connectivity index (χ4v) is 2.72. The van der Waals surface area contributed by atoms with Crippen LogP contribution in [0.1, 0.15) is 17.7 Å². The second kappa shape index (κ2) is 7.75. The van der Waals surface area contributed by atoms with E-state index in [-0.39, 0.29) is 5.91 Å². The lowest BCUT2D eigenvalue weighted by Gasteiger charge is -2.22. The molecule has 5 nitrogen and oxygen atoms in total. The van der Waals surface area contributed by atoms with Gasteiger partial charge in [0, 0.05) is 25.5 Å². The molecule has 0 fully saturated rings. The van der Waals surface area contributed by atoms with Crippen molar-refractivity contribution in [3.05, 3.63) is 72.2 Å². The lowest BCUT2D eigenvalue weighted by molar-refractivity contribution is -0.131. The Bertz CT molecular complexity index is 764. The van der Waals surface area contributed by atoms with Gasteiger partial charge in [-0.1, -0.05) is 36.4 Å².